The van der Waals surface area contributed by atoms with E-state index >= 15 is 0 Å². The van der Waals surface area contributed by atoms with Gasteiger partial charge >= 0.3 is 0 Å². The Morgan fingerprint density at radius 2 is 1.68 bits per heavy atom. The first-order valence-corrected chi connectivity index (χ1v) is 13.8. The first kappa shape index (κ1) is 26.9. The summed E-state index contributed by atoms with van der Waals surface area (Å²) in [6.07, 6.45) is 8.90. The average molecular weight is 516 g/mol. The van der Waals surface area contributed by atoms with Gasteiger partial charge in [-0.05, 0) is 79.4 Å². The second kappa shape index (κ2) is 11.4. The number of carboxylic acid groups (broad SMARTS) is 1. The minimum Gasteiger partial charge on any atom is -0.481 e. The van der Waals surface area contributed by atoms with Crippen molar-refractivity contribution in [2.24, 2.45) is 23.2 Å². The summed E-state index contributed by atoms with van der Waals surface area (Å²) in [7, 11) is -3.47. The van der Waals surface area contributed by atoms with E-state index in [1.54, 1.807) is 18.2 Å². The summed E-state index contributed by atoms with van der Waals surface area (Å²) in [5, 5.41) is 11.0. The van der Waals surface area contributed by atoms with Gasteiger partial charge in [0.1, 0.15) is 0 Å². The Hall–Kier alpha value is -1.68. The molecule has 0 radical (unpaired) electrons. The van der Waals surface area contributed by atoms with Gasteiger partial charge in [-0.2, -0.15) is 8.42 Å². The van der Waals surface area contributed by atoms with E-state index in [-0.39, 0.29) is 31.1 Å². The van der Waals surface area contributed by atoms with E-state index in [9.17, 15) is 13.2 Å². The van der Waals surface area contributed by atoms with E-state index in [1.165, 1.54) is 38.5 Å². The van der Waals surface area contributed by atoms with Crippen molar-refractivity contribution >= 4 is 33.6 Å². The van der Waals surface area contributed by atoms with Crippen LogP contribution in [0.15, 0.2) is 18.2 Å². The molecule has 0 unspecified atom stereocenters. The third-order valence-electron chi connectivity index (χ3n) is 6.86. The normalized spacial score (nSPS) is 27.1. The molecule has 4 fully saturated rings. The second-order valence-electron chi connectivity index (χ2n) is 10.0. The summed E-state index contributed by atoms with van der Waals surface area (Å²) in [5.74, 6) is 1.58. The van der Waals surface area contributed by atoms with Crippen LogP contribution in [0.1, 0.15) is 61.4 Å². The molecule has 8 nitrogen and oxygen atoms in total. The Balaban J connectivity index is 0.000000751. The Kier molecular flexibility index (Phi) is 9.00. The van der Waals surface area contributed by atoms with Crippen LogP contribution >= 0.6 is 11.6 Å². The molecule has 4 bridgehead atoms. The van der Waals surface area contributed by atoms with Crippen LogP contribution in [-0.4, -0.2) is 51.4 Å². The highest BCUT2D eigenvalue weighted by Crippen LogP contribution is 2.59. The highest BCUT2D eigenvalue weighted by atomic mass is 35.5. The number of amides is 1. The fourth-order valence-electron chi connectivity index (χ4n) is 6.14. The molecule has 0 saturated heterocycles. The number of benzene rings is 1. The van der Waals surface area contributed by atoms with Crippen LogP contribution in [0.4, 0.5) is 0 Å². The van der Waals surface area contributed by atoms with Crippen molar-refractivity contribution in [3.8, 4) is 0 Å². The van der Waals surface area contributed by atoms with Gasteiger partial charge in [-0.1, -0.05) is 17.7 Å². The number of carbonyl (C=O) groups excluding carboxylic acids is 1. The number of hydrogen-bond acceptors (Lipinski definition) is 6. The van der Waals surface area contributed by atoms with Gasteiger partial charge in [0.05, 0.1) is 36.7 Å². The van der Waals surface area contributed by atoms with Crippen LogP contribution in [0.5, 0.6) is 0 Å². The lowest BCUT2D eigenvalue weighted by Gasteiger charge is -2.56. The fourth-order valence-corrected chi connectivity index (χ4v) is 6.71. The third kappa shape index (κ3) is 7.93. The first-order valence-electron chi connectivity index (χ1n) is 11.6. The van der Waals surface area contributed by atoms with Crippen molar-refractivity contribution in [1.29, 1.82) is 0 Å². The van der Waals surface area contributed by atoms with Crippen molar-refractivity contribution in [1.82, 2.24) is 5.32 Å². The molecule has 0 heterocycles. The van der Waals surface area contributed by atoms with E-state index in [0.717, 1.165) is 43.0 Å². The maximum absolute atomic E-state index is 12.9. The lowest BCUT2D eigenvalue weighted by Crippen LogP contribution is -2.51. The predicted molar refractivity (Wildman–Crippen MR) is 128 cm³/mol. The zero-order valence-corrected chi connectivity index (χ0v) is 21.3. The Morgan fingerprint density at radius 3 is 2.21 bits per heavy atom. The average Bonchev–Trinajstić information content (AvgIpc) is 2.71. The minimum atomic E-state index is -3.47. The molecule has 5 rings (SSSR count). The topological polar surface area (TPSA) is 119 Å². The molecule has 1 aromatic carbocycles. The molecule has 190 valence electrons. The molecule has 1 amide bonds. The van der Waals surface area contributed by atoms with Crippen molar-refractivity contribution in [3.63, 3.8) is 0 Å². The van der Waals surface area contributed by atoms with Gasteiger partial charge in [-0.3, -0.25) is 13.8 Å². The minimum absolute atomic E-state index is 0.0369. The summed E-state index contributed by atoms with van der Waals surface area (Å²) in [6.45, 7) is 2.17. The molecule has 0 spiro atoms. The summed E-state index contributed by atoms with van der Waals surface area (Å²) >= 11 is 6.29. The summed E-state index contributed by atoms with van der Waals surface area (Å²) < 4.78 is 32.0. The second-order valence-corrected chi connectivity index (χ2v) is 12.1. The van der Waals surface area contributed by atoms with Crippen molar-refractivity contribution in [2.75, 3.05) is 26.0 Å². The van der Waals surface area contributed by atoms with Crippen molar-refractivity contribution in [3.05, 3.63) is 34.3 Å². The van der Waals surface area contributed by atoms with Gasteiger partial charge in [0.25, 0.3) is 22.0 Å². The zero-order valence-electron chi connectivity index (χ0n) is 19.7. The van der Waals surface area contributed by atoms with Crippen molar-refractivity contribution < 1.29 is 32.0 Å². The van der Waals surface area contributed by atoms with Gasteiger partial charge in [-0.25, -0.2) is 0 Å². The van der Waals surface area contributed by atoms with Crippen LogP contribution in [-0.2, 0) is 30.4 Å². The van der Waals surface area contributed by atoms with Gasteiger partial charge in [0.2, 0.25) is 0 Å². The predicted octanol–water partition coefficient (Wildman–Crippen LogP) is 3.87. The smallest absolute Gasteiger partial charge is 0.300 e. The maximum atomic E-state index is 12.9. The SMILES string of the molecule is CC(=O)O.CS(=O)(=O)OCCOCc1ccc(Cl)c(C(=O)NCC23CC4CC(CC(C4)C2)C3)c1. The number of nitrogens with one attached hydrogen (secondary N) is 1. The molecule has 0 aromatic heterocycles. The van der Waals surface area contributed by atoms with Gasteiger partial charge in [-0.15, -0.1) is 0 Å². The molecular weight excluding hydrogens is 482 g/mol. The van der Waals surface area contributed by atoms with E-state index in [0.29, 0.717) is 10.6 Å². The fraction of sp³-hybridized carbons (Fsp3) is 0.667. The van der Waals surface area contributed by atoms with Crippen LogP contribution in [0.3, 0.4) is 0 Å². The Labute approximate surface area is 206 Å². The van der Waals surface area contributed by atoms with E-state index in [1.807, 2.05) is 0 Å². The number of rotatable bonds is 9. The molecule has 0 atom stereocenters. The Morgan fingerprint density at radius 1 is 1.12 bits per heavy atom. The van der Waals surface area contributed by atoms with Crippen LogP contribution in [0.2, 0.25) is 5.02 Å². The number of aliphatic carboxylic acids is 1. The lowest BCUT2D eigenvalue weighted by atomic mass is 9.49. The van der Waals surface area contributed by atoms with E-state index in [2.05, 4.69) is 9.50 Å². The summed E-state index contributed by atoms with van der Waals surface area (Å²) in [6, 6.07) is 5.25. The largest absolute Gasteiger partial charge is 0.481 e. The zero-order chi connectivity index (χ0) is 24.9. The summed E-state index contributed by atoms with van der Waals surface area (Å²) in [4.78, 5) is 21.9. The maximum Gasteiger partial charge on any atom is 0.300 e. The van der Waals surface area contributed by atoms with Crippen molar-refractivity contribution in [2.45, 2.75) is 52.1 Å². The standard InChI is InChI=1S/C22H30ClNO5S.C2H4O2/c1-30(26,27)29-5-4-28-13-15-2-3-20(23)19(9-15)21(25)24-14-22-10-16-6-17(11-22)8-18(7-16)12-22;1-2(3)4/h2-3,9,16-18H,4-8,10-14H2,1H3,(H,24,25);1H3,(H,3,4). The number of carboxylic acids is 1. The molecule has 1 aromatic rings. The highest BCUT2D eigenvalue weighted by molar-refractivity contribution is 7.85. The molecule has 10 heteroatoms. The molecular formula is C24H34ClNO7S. The third-order valence-corrected chi connectivity index (χ3v) is 7.78. The molecule has 34 heavy (non-hydrogen) atoms. The monoisotopic (exact) mass is 515 g/mol. The van der Waals surface area contributed by atoms with Crippen LogP contribution in [0.25, 0.3) is 0 Å². The first-order chi connectivity index (χ1) is 15.9. The van der Waals surface area contributed by atoms with Gasteiger partial charge in [0, 0.05) is 13.5 Å². The molecule has 2 N–H and O–H groups in total. The molecule has 4 aliphatic carbocycles. The Bertz CT molecular complexity index is 956. The quantitative estimate of drug-likeness (QED) is 0.378. The molecule has 4 aliphatic rings. The highest BCUT2D eigenvalue weighted by Gasteiger charge is 2.50. The van der Waals surface area contributed by atoms with Gasteiger partial charge in [0.15, 0.2) is 0 Å². The number of halogens is 1. The van der Waals surface area contributed by atoms with E-state index in [4.69, 9.17) is 26.2 Å². The number of hydrogen-bond donors (Lipinski definition) is 2. The summed E-state index contributed by atoms with van der Waals surface area (Å²) in [5.41, 5.74) is 1.53. The lowest BCUT2D eigenvalue weighted by molar-refractivity contribution is -0.134. The molecule has 0 aliphatic heterocycles. The van der Waals surface area contributed by atoms with Crippen LogP contribution in [0, 0.1) is 23.2 Å². The van der Waals surface area contributed by atoms with E-state index < -0.39 is 16.1 Å². The number of carbonyl (C=O) groups is 2. The van der Waals surface area contributed by atoms with Crippen LogP contribution < -0.4 is 5.32 Å². The number of ether oxygens (including phenoxy) is 1. The van der Waals surface area contributed by atoms with Gasteiger partial charge < -0.3 is 15.2 Å². The molecule has 4 saturated carbocycles.